The third-order valence-electron chi connectivity index (χ3n) is 2.34. The maximum absolute atomic E-state index is 10.4. The molecule has 4 nitrogen and oxygen atoms in total. The second kappa shape index (κ2) is 5.65. The Morgan fingerprint density at radius 3 is 2.93 bits per heavy atom. The number of methoxy groups -OCH3 is 1. The molecule has 0 radical (unpaired) electrons. The van der Waals surface area contributed by atoms with Crippen LogP contribution < -0.4 is 0 Å². The molecule has 0 amide bonds. The number of ether oxygens (including phenoxy) is 2. The minimum absolute atomic E-state index is 0.150. The van der Waals surface area contributed by atoms with Gasteiger partial charge >= 0.3 is 6.16 Å². The number of hydrogen-bond donors (Lipinski definition) is 1. The van der Waals surface area contributed by atoms with Crippen LogP contribution >= 0.6 is 0 Å². The van der Waals surface area contributed by atoms with Crippen LogP contribution in [0.25, 0.3) is 0 Å². The number of rotatable bonds is 2. The van der Waals surface area contributed by atoms with E-state index in [1.807, 2.05) is 6.08 Å². The van der Waals surface area contributed by atoms with Crippen molar-refractivity contribution in [2.75, 3.05) is 7.11 Å². The van der Waals surface area contributed by atoms with Crippen LogP contribution in [0.4, 0.5) is 4.79 Å². The molecule has 0 aliphatic heterocycles. The van der Waals surface area contributed by atoms with Crippen molar-refractivity contribution in [3.63, 3.8) is 0 Å². The molecular weight excluding hydrogens is 184 g/mol. The first-order valence-electron chi connectivity index (χ1n) is 4.83. The molecule has 1 N–H and O–H groups in total. The van der Waals surface area contributed by atoms with Gasteiger partial charge in [0.05, 0.1) is 6.10 Å². The molecule has 0 fully saturated rings. The van der Waals surface area contributed by atoms with Gasteiger partial charge in [0, 0.05) is 7.11 Å². The molecule has 0 heterocycles. The van der Waals surface area contributed by atoms with Crippen molar-refractivity contribution in [1.29, 1.82) is 0 Å². The largest absolute Gasteiger partial charge is 0.506 e. The van der Waals surface area contributed by atoms with Crippen molar-refractivity contribution in [3.8, 4) is 0 Å². The minimum Gasteiger partial charge on any atom is -0.450 e. The lowest BCUT2D eigenvalue weighted by atomic mass is 10.0. The topological polar surface area (TPSA) is 55.8 Å². The number of carboxylic acid groups (broad SMARTS) is 1. The van der Waals surface area contributed by atoms with E-state index < -0.39 is 12.3 Å². The van der Waals surface area contributed by atoms with E-state index in [2.05, 4.69) is 0 Å². The first-order chi connectivity index (χ1) is 6.74. The van der Waals surface area contributed by atoms with Crippen LogP contribution in [0.15, 0.2) is 12.2 Å². The second-order valence-electron chi connectivity index (χ2n) is 3.34. The van der Waals surface area contributed by atoms with E-state index in [0.29, 0.717) is 0 Å². The molecule has 1 aliphatic rings. The first kappa shape index (κ1) is 11.0. The second-order valence-corrected chi connectivity index (χ2v) is 3.34. The molecule has 2 unspecified atom stereocenters. The SMILES string of the molecule is COC1CCCCC=CC1OC(=O)O. The molecule has 0 saturated heterocycles. The Hall–Kier alpha value is -1.03. The maximum Gasteiger partial charge on any atom is 0.506 e. The van der Waals surface area contributed by atoms with E-state index in [4.69, 9.17) is 14.6 Å². The highest BCUT2D eigenvalue weighted by molar-refractivity contribution is 5.57. The molecule has 0 aromatic heterocycles. The fraction of sp³-hybridized carbons (Fsp3) is 0.700. The smallest absolute Gasteiger partial charge is 0.450 e. The zero-order valence-corrected chi connectivity index (χ0v) is 8.31. The molecule has 0 aromatic rings. The van der Waals surface area contributed by atoms with Gasteiger partial charge in [-0.25, -0.2) is 4.79 Å². The Morgan fingerprint density at radius 2 is 2.29 bits per heavy atom. The fourth-order valence-electron chi connectivity index (χ4n) is 1.61. The van der Waals surface area contributed by atoms with Gasteiger partial charge in [0.2, 0.25) is 0 Å². The number of allylic oxidation sites excluding steroid dienone is 1. The van der Waals surface area contributed by atoms with Crippen LogP contribution in [0.5, 0.6) is 0 Å². The molecule has 0 spiro atoms. The minimum atomic E-state index is -1.25. The third-order valence-corrected chi connectivity index (χ3v) is 2.34. The van der Waals surface area contributed by atoms with Gasteiger partial charge in [0.1, 0.15) is 6.10 Å². The molecule has 0 bridgehead atoms. The summed E-state index contributed by atoms with van der Waals surface area (Å²) in [7, 11) is 1.58. The van der Waals surface area contributed by atoms with Crippen LogP contribution in [-0.2, 0) is 9.47 Å². The Bertz CT molecular complexity index is 212. The lowest BCUT2D eigenvalue weighted by molar-refractivity contribution is -0.0222. The van der Waals surface area contributed by atoms with E-state index in [-0.39, 0.29) is 6.10 Å². The summed E-state index contributed by atoms with van der Waals surface area (Å²) in [6, 6.07) is 0. The normalized spacial score (nSPS) is 27.8. The van der Waals surface area contributed by atoms with Crippen LogP contribution in [0.3, 0.4) is 0 Å². The molecule has 1 rings (SSSR count). The van der Waals surface area contributed by atoms with E-state index in [0.717, 1.165) is 25.7 Å². The molecule has 2 atom stereocenters. The Kier molecular flexibility index (Phi) is 4.46. The van der Waals surface area contributed by atoms with Gasteiger partial charge < -0.3 is 14.6 Å². The molecular formula is C10H16O4. The zero-order valence-electron chi connectivity index (χ0n) is 8.31. The summed E-state index contributed by atoms with van der Waals surface area (Å²) < 4.78 is 9.94. The van der Waals surface area contributed by atoms with Crippen molar-refractivity contribution in [2.24, 2.45) is 0 Å². The molecule has 14 heavy (non-hydrogen) atoms. The van der Waals surface area contributed by atoms with Crippen molar-refractivity contribution in [3.05, 3.63) is 12.2 Å². The third kappa shape index (κ3) is 3.38. The van der Waals surface area contributed by atoms with E-state index >= 15 is 0 Å². The maximum atomic E-state index is 10.4. The summed E-state index contributed by atoms with van der Waals surface area (Å²) in [6.45, 7) is 0. The molecule has 0 saturated carbocycles. The van der Waals surface area contributed by atoms with Crippen LogP contribution in [0, 0.1) is 0 Å². The number of hydrogen-bond acceptors (Lipinski definition) is 3. The van der Waals surface area contributed by atoms with Gasteiger partial charge in [-0.05, 0) is 25.3 Å². The van der Waals surface area contributed by atoms with Gasteiger partial charge in [0.15, 0.2) is 0 Å². The van der Waals surface area contributed by atoms with Gasteiger partial charge in [0.25, 0.3) is 0 Å². The Labute approximate surface area is 83.5 Å². The summed E-state index contributed by atoms with van der Waals surface area (Å²) in [4.78, 5) is 10.4. The Balaban J connectivity index is 2.61. The summed E-state index contributed by atoms with van der Waals surface area (Å²) in [5.74, 6) is 0. The highest BCUT2D eigenvalue weighted by atomic mass is 16.7. The van der Waals surface area contributed by atoms with Crippen molar-refractivity contribution >= 4 is 6.16 Å². The van der Waals surface area contributed by atoms with Crippen molar-refractivity contribution in [2.45, 2.75) is 37.9 Å². The quantitative estimate of drug-likeness (QED) is 0.548. The first-order valence-corrected chi connectivity index (χ1v) is 4.83. The van der Waals surface area contributed by atoms with Crippen LogP contribution in [0.1, 0.15) is 25.7 Å². The highest BCUT2D eigenvalue weighted by Gasteiger charge is 2.23. The molecule has 4 heteroatoms. The van der Waals surface area contributed by atoms with E-state index in [1.165, 1.54) is 0 Å². The summed E-state index contributed by atoms with van der Waals surface area (Å²) >= 11 is 0. The summed E-state index contributed by atoms with van der Waals surface area (Å²) in [6.07, 6.45) is 5.87. The lowest BCUT2D eigenvalue weighted by Gasteiger charge is -2.23. The number of carbonyl (C=O) groups is 1. The Morgan fingerprint density at radius 1 is 1.50 bits per heavy atom. The average Bonchev–Trinajstić information content (AvgIpc) is 2.10. The standard InChI is InChI=1S/C10H16O4/c1-13-8-6-4-2-3-5-7-9(8)14-10(11)12/h5,7-9H,2-4,6H2,1H3,(H,11,12). The van der Waals surface area contributed by atoms with Crippen LogP contribution in [0.2, 0.25) is 0 Å². The monoisotopic (exact) mass is 200 g/mol. The molecule has 0 aromatic carbocycles. The van der Waals surface area contributed by atoms with E-state index in [9.17, 15) is 4.79 Å². The van der Waals surface area contributed by atoms with Gasteiger partial charge in [-0.15, -0.1) is 0 Å². The van der Waals surface area contributed by atoms with Crippen LogP contribution in [-0.4, -0.2) is 30.6 Å². The summed E-state index contributed by atoms with van der Waals surface area (Å²) in [5.41, 5.74) is 0. The predicted octanol–water partition coefficient (Wildman–Crippen LogP) is 2.19. The van der Waals surface area contributed by atoms with Crippen molar-refractivity contribution in [1.82, 2.24) is 0 Å². The predicted molar refractivity (Wildman–Crippen MR) is 51.3 cm³/mol. The highest BCUT2D eigenvalue weighted by Crippen LogP contribution is 2.17. The average molecular weight is 200 g/mol. The van der Waals surface area contributed by atoms with E-state index in [1.54, 1.807) is 13.2 Å². The zero-order chi connectivity index (χ0) is 10.4. The molecule has 80 valence electrons. The lowest BCUT2D eigenvalue weighted by Crippen LogP contribution is -2.31. The van der Waals surface area contributed by atoms with Gasteiger partial charge in [-0.1, -0.05) is 12.5 Å². The summed E-state index contributed by atoms with van der Waals surface area (Å²) in [5, 5.41) is 8.53. The van der Waals surface area contributed by atoms with Crippen molar-refractivity contribution < 1.29 is 19.4 Å². The van der Waals surface area contributed by atoms with Gasteiger partial charge in [-0.2, -0.15) is 0 Å². The van der Waals surface area contributed by atoms with Gasteiger partial charge in [-0.3, -0.25) is 0 Å². The molecule has 1 aliphatic carbocycles. The fourth-order valence-corrected chi connectivity index (χ4v) is 1.61.